The van der Waals surface area contributed by atoms with Gasteiger partial charge < -0.3 is 9.84 Å². The lowest BCUT2D eigenvalue weighted by Gasteiger charge is -2.40. The number of hydrogen-bond donors (Lipinski definition) is 1. The maximum Gasteiger partial charge on any atom is 0.337 e. The highest BCUT2D eigenvalue weighted by Crippen LogP contribution is 2.44. The van der Waals surface area contributed by atoms with Gasteiger partial charge in [0, 0.05) is 0 Å². The van der Waals surface area contributed by atoms with Crippen LogP contribution in [-0.2, 0) is 15.8 Å². The molecule has 0 aromatic heterocycles. The van der Waals surface area contributed by atoms with Crippen LogP contribution in [0.25, 0.3) is 0 Å². The number of methoxy groups -OCH3 is 1. The molecule has 0 bridgehead atoms. The molecule has 0 fully saturated rings. The molecule has 0 radical (unpaired) electrons. The lowest BCUT2D eigenvalue weighted by atomic mass is 9.67. The van der Waals surface area contributed by atoms with Crippen LogP contribution in [0, 0.1) is 0 Å². The van der Waals surface area contributed by atoms with Gasteiger partial charge in [-0.05, 0) is 48.4 Å². The number of benzene rings is 1. The van der Waals surface area contributed by atoms with Gasteiger partial charge in [-0.25, -0.2) is 4.79 Å². The van der Waals surface area contributed by atoms with Crippen molar-refractivity contribution >= 4 is 5.97 Å². The average Bonchev–Trinajstić information content (AvgIpc) is 2.34. The fourth-order valence-corrected chi connectivity index (χ4v) is 2.65. The maximum absolute atomic E-state index is 11.6. The minimum atomic E-state index is -0.866. The molecule has 1 atom stereocenters. The Bertz CT molecular complexity index is 487. The number of ether oxygens (including phenoxy) is 1. The Labute approximate surface area is 108 Å². The smallest absolute Gasteiger partial charge is 0.337 e. The lowest BCUT2D eigenvalue weighted by Crippen LogP contribution is -2.35. The fraction of sp³-hybridized carbons (Fsp3) is 0.533. The van der Waals surface area contributed by atoms with E-state index in [0.29, 0.717) is 12.0 Å². The molecule has 1 aliphatic rings. The van der Waals surface area contributed by atoms with Crippen molar-refractivity contribution in [3.8, 4) is 0 Å². The van der Waals surface area contributed by atoms with Crippen molar-refractivity contribution in [2.75, 3.05) is 7.11 Å². The fourth-order valence-electron chi connectivity index (χ4n) is 2.65. The molecular formula is C15H20O3. The van der Waals surface area contributed by atoms with Crippen LogP contribution in [-0.4, -0.2) is 18.2 Å². The van der Waals surface area contributed by atoms with Crippen molar-refractivity contribution in [2.45, 2.75) is 44.6 Å². The number of aliphatic hydroxyl groups is 1. The molecule has 3 nitrogen and oxygen atoms in total. The molecule has 0 heterocycles. The zero-order valence-corrected chi connectivity index (χ0v) is 11.4. The van der Waals surface area contributed by atoms with E-state index in [1.807, 2.05) is 13.0 Å². The van der Waals surface area contributed by atoms with Gasteiger partial charge in [-0.2, -0.15) is 0 Å². The molecule has 0 saturated carbocycles. The summed E-state index contributed by atoms with van der Waals surface area (Å²) in [5.41, 5.74) is 1.63. The van der Waals surface area contributed by atoms with Gasteiger partial charge in [0.2, 0.25) is 0 Å². The third kappa shape index (κ3) is 2.03. The minimum Gasteiger partial charge on any atom is -0.465 e. The Morgan fingerprint density at radius 2 is 1.89 bits per heavy atom. The summed E-state index contributed by atoms with van der Waals surface area (Å²) in [5.74, 6) is -0.364. The van der Waals surface area contributed by atoms with E-state index in [-0.39, 0.29) is 11.4 Å². The van der Waals surface area contributed by atoms with E-state index in [4.69, 9.17) is 4.74 Å². The van der Waals surface area contributed by atoms with Gasteiger partial charge in [0.05, 0.1) is 18.3 Å². The van der Waals surface area contributed by atoms with Gasteiger partial charge in [0.1, 0.15) is 0 Å². The van der Waals surface area contributed by atoms with E-state index in [9.17, 15) is 9.90 Å². The van der Waals surface area contributed by atoms with Crippen LogP contribution in [0.5, 0.6) is 0 Å². The molecular weight excluding hydrogens is 228 g/mol. The van der Waals surface area contributed by atoms with Crippen molar-refractivity contribution in [1.29, 1.82) is 0 Å². The van der Waals surface area contributed by atoms with E-state index >= 15 is 0 Å². The summed E-state index contributed by atoms with van der Waals surface area (Å²) in [5, 5.41) is 10.5. The van der Waals surface area contributed by atoms with Crippen LogP contribution in [0.15, 0.2) is 18.2 Å². The number of carbonyl (C=O) groups excluding carboxylic acids is 1. The molecule has 1 aliphatic carbocycles. The molecule has 1 N–H and O–H groups in total. The van der Waals surface area contributed by atoms with Crippen molar-refractivity contribution in [2.24, 2.45) is 0 Å². The van der Waals surface area contributed by atoms with Gasteiger partial charge in [0.15, 0.2) is 0 Å². The third-order valence-corrected chi connectivity index (χ3v) is 3.99. The molecule has 1 unspecified atom stereocenters. The van der Waals surface area contributed by atoms with Crippen LogP contribution in [0.3, 0.4) is 0 Å². The topological polar surface area (TPSA) is 46.5 Å². The summed E-state index contributed by atoms with van der Waals surface area (Å²) in [6, 6.07) is 5.48. The Morgan fingerprint density at radius 3 is 2.50 bits per heavy atom. The highest BCUT2D eigenvalue weighted by atomic mass is 16.5. The zero-order valence-electron chi connectivity index (χ0n) is 11.4. The Hall–Kier alpha value is -1.35. The summed E-state index contributed by atoms with van der Waals surface area (Å²) < 4.78 is 4.73. The van der Waals surface area contributed by atoms with Gasteiger partial charge in [-0.1, -0.05) is 19.9 Å². The molecule has 1 aromatic rings. The molecule has 0 spiro atoms. The molecule has 0 saturated heterocycles. The van der Waals surface area contributed by atoms with E-state index in [2.05, 4.69) is 13.8 Å². The molecule has 98 valence electrons. The number of rotatable bonds is 1. The number of esters is 1. The van der Waals surface area contributed by atoms with E-state index in [0.717, 1.165) is 17.5 Å². The van der Waals surface area contributed by atoms with Crippen molar-refractivity contribution in [1.82, 2.24) is 0 Å². The van der Waals surface area contributed by atoms with Gasteiger partial charge in [0.25, 0.3) is 0 Å². The van der Waals surface area contributed by atoms with Gasteiger partial charge in [-0.3, -0.25) is 0 Å². The van der Waals surface area contributed by atoms with Crippen molar-refractivity contribution in [3.05, 3.63) is 34.9 Å². The van der Waals surface area contributed by atoms with E-state index < -0.39 is 5.60 Å². The monoisotopic (exact) mass is 248 g/mol. The van der Waals surface area contributed by atoms with Crippen LogP contribution in [0.1, 0.15) is 55.1 Å². The highest BCUT2D eigenvalue weighted by Gasteiger charge is 2.38. The Kier molecular flexibility index (Phi) is 2.98. The van der Waals surface area contributed by atoms with Crippen molar-refractivity contribution < 1.29 is 14.6 Å². The summed E-state index contributed by atoms with van der Waals surface area (Å²) in [6.07, 6.45) is 1.64. The summed E-state index contributed by atoms with van der Waals surface area (Å²) in [6.45, 7) is 6.14. The Balaban J connectivity index is 2.58. The number of carbonyl (C=O) groups is 1. The molecule has 1 aromatic carbocycles. The van der Waals surface area contributed by atoms with Gasteiger partial charge in [-0.15, -0.1) is 0 Å². The normalized spacial score (nSPS) is 25.4. The number of hydrogen-bond acceptors (Lipinski definition) is 3. The summed E-state index contributed by atoms with van der Waals surface area (Å²) in [4.78, 5) is 11.6. The predicted octanol–water partition coefficient (Wildman–Crippen LogP) is 2.75. The minimum absolute atomic E-state index is 0.0340. The predicted molar refractivity (Wildman–Crippen MR) is 69.6 cm³/mol. The molecule has 3 heteroatoms. The summed E-state index contributed by atoms with van der Waals surface area (Å²) in [7, 11) is 1.36. The standard InChI is InChI=1S/C15H20O3/c1-14(2)7-8-15(3,17)12-9-10(13(16)18-4)5-6-11(12)14/h5-6,9,17H,7-8H2,1-4H3. The second-order valence-electron chi connectivity index (χ2n) is 5.91. The van der Waals surface area contributed by atoms with E-state index in [1.165, 1.54) is 7.11 Å². The van der Waals surface area contributed by atoms with Gasteiger partial charge >= 0.3 is 5.97 Å². The highest BCUT2D eigenvalue weighted by molar-refractivity contribution is 5.89. The Morgan fingerprint density at radius 1 is 1.22 bits per heavy atom. The zero-order chi connectivity index (χ0) is 13.6. The molecule has 0 amide bonds. The lowest BCUT2D eigenvalue weighted by molar-refractivity contribution is 0.0275. The van der Waals surface area contributed by atoms with Crippen LogP contribution in [0.4, 0.5) is 0 Å². The molecule has 0 aliphatic heterocycles. The average molecular weight is 248 g/mol. The largest absolute Gasteiger partial charge is 0.465 e. The second-order valence-corrected chi connectivity index (χ2v) is 5.91. The maximum atomic E-state index is 11.6. The first-order valence-electron chi connectivity index (χ1n) is 6.24. The molecule has 18 heavy (non-hydrogen) atoms. The van der Waals surface area contributed by atoms with Crippen molar-refractivity contribution in [3.63, 3.8) is 0 Å². The first kappa shape index (κ1) is 13.1. The summed E-state index contributed by atoms with van der Waals surface area (Å²) >= 11 is 0. The van der Waals surface area contributed by atoms with Crippen LogP contribution >= 0.6 is 0 Å². The van der Waals surface area contributed by atoms with E-state index in [1.54, 1.807) is 12.1 Å². The first-order chi connectivity index (χ1) is 8.28. The third-order valence-electron chi connectivity index (χ3n) is 3.99. The SMILES string of the molecule is COC(=O)c1ccc2c(c1)C(C)(O)CCC2(C)C. The second kappa shape index (κ2) is 4.09. The quantitative estimate of drug-likeness (QED) is 0.777. The van der Waals surface area contributed by atoms with Crippen LogP contribution < -0.4 is 0 Å². The van der Waals surface area contributed by atoms with Crippen LogP contribution in [0.2, 0.25) is 0 Å². The first-order valence-corrected chi connectivity index (χ1v) is 6.24. The molecule has 2 rings (SSSR count). The number of fused-ring (bicyclic) bond motifs is 1.